The lowest BCUT2D eigenvalue weighted by atomic mass is 10.3. The van der Waals surface area contributed by atoms with Crippen LogP contribution in [0.3, 0.4) is 0 Å². The summed E-state index contributed by atoms with van der Waals surface area (Å²) in [6, 6.07) is -0.451. The van der Waals surface area contributed by atoms with E-state index in [9.17, 15) is 9.59 Å². The first-order chi connectivity index (χ1) is 5.24. The van der Waals surface area contributed by atoms with Gasteiger partial charge in [0.25, 0.3) is 11.1 Å². The van der Waals surface area contributed by atoms with Gasteiger partial charge in [0.15, 0.2) is 0 Å². The van der Waals surface area contributed by atoms with Crippen LogP contribution in [0.15, 0.2) is 0 Å². The first kappa shape index (κ1) is 8.35. The fraction of sp³-hybridized carbons (Fsp3) is 0.600. The third kappa shape index (κ3) is 2.09. The van der Waals surface area contributed by atoms with Crippen molar-refractivity contribution >= 4 is 22.9 Å². The molecule has 2 amide bonds. The van der Waals surface area contributed by atoms with Crippen LogP contribution in [0.5, 0.6) is 0 Å². The molecule has 1 heterocycles. The van der Waals surface area contributed by atoms with Crippen molar-refractivity contribution in [3.8, 4) is 0 Å². The number of rotatable bonds is 2. The van der Waals surface area contributed by atoms with Gasteiger partial charge in [0.2, 0.25) is 0 Å². The number of hydroxylamine groups is 1. The number of carbonyl (C=O) groups is 2. The van der Waals surface area contributed by atoms with Gasteiger partial charge >= 0.3 is 0 Å². The van der Waals surface area contributed by atoms with Crippen LogP contribution in [0.2, 0.25) is 0 Å². The van der Waals surface area contributed by atoms with E-state index < -0.39 is 6.04 Å². The molecule has 1 rings (SSSR count). The minimum atomic E-state index is -0.451. The van der Waals surface area contributed by atoms with E-state index in [1.807, 2.05) is 0 Å². The predicted octanol–water partition coefficient (Wildman–Crippen LogP) is -0.511. The quantitative estimate of drug-likeness (QED) is 0.556. The molecular weight excluding hydrogens is 168 g/mol. The van der Waals surface area contributed by atoms with Gasteiger partial charge in [-0.1, -0.05) is 11.8 Å². The van der Waals surface area contributed by atoms with Crippen molar-refractivity contribution in [2.24, 2.45) is 0 Å². The lowest BCUT2D eigenvalue weighted by molar-refractivity contribution is -0.132. The van der Waals surface area contributed by atoms with E-state index in [4.69, 9.17) is 0 Å². The highest BCUT2D eigenvalue weighted by atomic mass is 32.2. The molecule has 0 aliphatic carbocycles. The number of amides is 2. The van der Waals surface area contributed by atoms with Crippen molar-refractivity contribution in [2.75, 3.05) is 12.9 Å². The Morgan fingerprint density at radius 3 is 3.09 bits per heavy atom. The molecule has 0 bridgehead atoms. The second kappa shape index (κ2) is 3.59. The smallest absolute Gasteiger partial charge is 0.279 e. The Balaban J connectivity index is 2.37. The highest BCUT2D eigenvalue weighted by molar-refractivity contribution is 8.14. The monoisotopic (exact) mass is 176 g/mol. The lowest BCUT2D eigenvalue weighted by Gasteiger charge is -2.06. The molecule has 2 N–H and O–H groups in total. The molecule has 1 aliphatic heterocycles. The van der Waals surface area contributed by atoms with Gasteiger partial charge in [-0.25, -0.2) is 5.48 Å². The van der Waals surface area contributed by atoms with Gasteiger partial charge in [-0.3, -0.25) is 14.4 Å². The summed E-state index contributed by atoms with van der Waals surface area (Å²) in [7, 11) is 1.35. The fourth-order valence-electron chi connectivity index (χ4n) is 0.698. The standard InChI is InChI=1S/C5H8N2O3S/c1-10-7-4(8)3-2-11-5(9)6-3/h3H,2H2,1H3,(H,6,9)(H,7,8). The second-order valence-corrected chi connectivity index (χ2v) is 2.96. The molecular formula is C5H8N2O3S. The van der Waals surface area contributed by atoms with E-state index in [2.05, 4.69) is 15.6 Å². The summed E-state index contributed by atoms with van der Waals surface area (Å²) in [4.78, 5) is 25.9. The number of carbonyl (C=O) groups excluding carboxylic acids is 2. The predicted molar refractivity (Wildman–Crippen MR) is 39.9 cm³/mol. The lowest BCUT2D eigenvalue weighted by Crippen LogP contribution is -2.42. The summed E-state index contributed by atoms with van der Waals surface area (Å²) < 4.78 is 0. The maximum absolute atomic E-state index is 10.9. The van der Waals surface area contributed by atoms with Crippen molar-refractivity contribution < 1.29 is 14.4 Å². The molecule has 0 aromatic rings. The fourth-order valence-corrected chi connectivity index (χ4v) is 1.48. The summed E-state index contributed by atoms with van der Waals surface area (Å²) >= 11 is 1.09. The minimum Gasteiger partial charge on any atom is -0.334 e. The molecule has 0 spiro atoms. The normalized spacial score (nSPS) is 23.0. The van der Waals surface area contributed by atoms with Gasteiger partial charge in [0, 0.05) is 5.75 Å². The average Bonchev–Trinajstić information content (AvgIpc) is 2.36. The van der Waals surface area contributed by atoms with Crippen LogP contribution in [-0.4, -0.2) is 30.1 Å². The van der Waals surface area contributed by atoms with Crippen LogP contribution in [-0.2, 0) is 9.63 Å². The van der Waals surface area contributed by atoms with Gasteiger partial charge in [0.05, 0.1) is 7.11 Å². The molecule has 0 saturated carbocycles. The van der Waals surface area contributed by atoms with E-state index in [-0.39, 0.29) is 11.1 Å². The van der Waals surface area contributed by atoms with Crippen molar-refractivity contribution in [2.45, 2.75) is 6.04 Å². The van der Waals surface area contributed by atoms with Crippen LogP contribution in [0.1, 0.15) is 0 Å². The van der Waals surface area contributed by atoms with Crippen molar-refractivity contribution in [3.63, 3.8) is 0 Å². The molecule has 1 atom stereocenters. The molecule has 0 aromatic heterocycles. The van der Waals surface area contributed by atoms with Gasteiger partial charge in [0.1, 0.15) is 6.04 Å². The maximum atomic E-state index is 10.9. The van der Waals surface area contributed by atoms with E-state index in [0.717, 1.165) is 11.8 Å². The third-order valence-electron chi connectivity index (χ3n) is 1.19. The Labute approximate surface area is 67.8 Å². The molecule has 0 radical (unpaired) electrons. The molecule has 1 fully saturated rings. The maximum Gasteiger partial charge on any atom is 0.279 e. The molecule has 11 heavy (non-hydrogen) atoms. The van der Waals surface area contributed by atoms with E-state index in [0.29, 0.717) is 5.75 Å². The average molecular weight is 176 g/mol. The number of thioether (sulfide) groups is 1. The second-order valence-electron chi connectivity index (χ2n) is 1.97. The van der Waals surface area contributed by atoms with Gasteiger partial charge < -0.3 is 5.32 Å². The van der Waals surface area contributed by atoms with E-state index in [1.54, 1.807) is 0 Å². The zero-order valence-electron chi connectivity index (χ0n) is 5.92. The first-order valence-corrected chi connectivity index (χ1v) is 3.98. The van der Waals surface area contributed by atoms with Crippen LogP contribution < -0.4 is 10.8 Å². The molecule has 5 nitrogen and oxygen atoms in total. The highest BCUT2D eigenvalue weighted by Crippen LogP contribution is 2.12. The van der Waals surface area contributed by atoms with Crippen LogP contribution in [0.4, 0.5) is 4.79 Å². The molecule has 0 aromatic carbocycles. The Bertz CT molecular complexity index is 185. The van der Waals surface area contributed by atoms with Gasteiger partial charge in [-0.05, 0) is 0 Å². The summed E-state index contributed by atoms with van der Waals surface area (Å²) in [5, 5.41) is 2.30. The minimum absolute atomic E-state index is 0.166. The topological polar surface area (TPSA) is 67.4 Å². The summed E-state index contributed by atoms with van der Waals surface area (Å²) in [5.41, 5.74) is 2.14. The number of hydrogen-bond acceptors (Lipinski definition) is 4. The Morgan fingerprint density at radius 2 is 2.64 bits per heavy atom. The zero-order chi connectivity index (χ0) is 8.27. The van der Waals surface area contributed by atoms with Crippen molar-refractivity contribution in [3.05, 3.63) is 0 Å². The van der Waals surface area contributed by atoms with E-state index in [1.165, 1.54) is 7.11 Å². The molecule has 62 valence electrons. The van der Waals surface area contributed by atoms with Gasteiger partial charge in [-0.2, -0.15) is 0 Å². The Kier molecular flexibility index (Phi) is 2.72. The first-order valence-electron chi connectivity index (χ1n) is 3.00. The molecule has 1 unspecified atom stereocenters. The van der Waals surface area contributed by atoms with E-state index >= 15 is 0 Å². The number of nitrogens with one attached hydrogen (secondary N) is 2. The molecule has 6 heteroatoms. The molecule has 1 aliphatic rings. The largest absolute Gasteiger partial charge is 0.334 e. The van der Waals surface area contributed by atoms with Crippen LogP contribution in [0, 0.1) is 0 Å². The summed E-state index contributed by atoms with van der Waals surface area (Å²) in [6.45, 7) is 0. The summed E-state index contributed by atoms with van der Waals surface area (Å²) in [6.07, 6.45) is 0. The highest BCUT2D eigenvalue weighted by Gasteiger charge is 2.27. The third-order valence-corrected chi connectivity index (χ3v) is 2.07. The van der Waals surface area contributed by atoms with Crippen LogP contribution >= 0.6 is 11.8 Å². The number of hydrogen-bond donors (Lipinski definition) is 2. The van der Waals surface area contributed by atoms with Gasteiger partial charge in [-0.15, -0.1) is 0 Å². The SMILES string of the molecule is CONC(=O)C1CSC(=O)N1. The molecule has 1 saturated heterocycles. The Morgan fingerprint density at radius 1 is 1.91 bits per heavy atom. The van der Waals surface area contributed by atoms with Crippen molar-refractivity contribution in [1.82, 2.24) is 10.8 Å². The zero-order valence-corrected chi connectivity index (χ0v) is 6.73. The van der Waals surface area contributed by atoms with Crippen LogP contribution in [0.25, 0.3) is 0 Å². The Hall–Kier alpha value is -0.750. The van der Waals surface area contributed by atoms with Crippen molar-refractivity contribution in [1.29, 1.82) is 0 Å². The summed E-state index contributed by atoms with van der Waals surface area (Å²) in [5.74, 6) is 0.152.